The van der Waals surface area contributed by atoms with Crippen molar-refractivity contribution in [2.24, 2.45) is 0 Å². The normalized spacial score (nSPS) is 14.0. The number of rotatable bonds is 9. The van der Waals surface area contributed by atoms with Gasteiger partial charge < -0.3 is 19.3 Å². The van der Waals surface area contributed by atoms with Crippen LogP contribution < -0.4 is 14.4 Å². The Kier molecular flexibility index (Phi) is 7.94. The van der Waals surface area contributed by atoms with Gasteiger partial charge in [-0.15, -0.1) is 0 Å². The zero-order valence-electron chi connectivity index (χ0n) is 17.9. The van der Waals surface area contributed by atoms with Crippen LogP contribution in [0.5, 0.6) is 11.5 Å². The second kappa shape index (κ2) is 10.9. The lowest BCUT2D eigenvalue weighted by Gasteiger charge is -2.36. The Labute approximate surface area is 178 Å². The van der Waals surface area contributed by atoms with Crippen molar-refractivity contribution in [3.05, 3.63) is 53.8 Å². The van der Waals surface area contributed by atoms with Gasteiger partial charge in [0, 0.05) is 37.4 Å². The number of piperazine rings is 1. The second-order valence-corrected chi connectivity index (χ2v) is 7.53. The average molecular weight is 415 g/mol. The molecular formula is C24H31FN2O3. The molecule has 2 aromatic carbocycles. The van der Waals surface area contributed by atoms with Gasteiger partial charge in [0.25, 0.3) is 5.91 Å². The lowest BCUT2D eigenvalue weighted by atomic mass is 10.1. The molecule has 0 unspecified atom stereocenters. The number of nitrogens with zero attached hydrogens (tertiary/aromatic N) is 2. The predicted molar refractivity (Wildman–Crippen MR) is 117 cm³/mol. The molecule has 0 radical (unpaired) electrons. The fourth-order valence-corrected chi connectivity index (χ4v) is 3.63. The Morgan fingerprint density at radius 2 is 1.70 bits per heavy atom. The molecule has 162 valence electrons. The predicted octanol–water partition coefficient (Wildman–Crippen LogP) is 4.76. The topological polar surface area (TPSA) is 42.0 Å². The maximum absolute atomic E-state index is 13.1. The number of hydrogen-bond donors (Lipinski definition) is 0. The van der Waals surface area contributed by atoms with Gasteiger partial charge in [0.2, 0.25) is 0 Å². The lowest BCUT2D eigenvalue weighted by Crippen LogP contribution is -2.48. The van der Waals surface area contributed by atoms with Crippen molar-refractivity contribution >= 4 is 11.6 Å². The summed E-state index contributed by atoms with van der Waals surface area (Å²) in [6.45, 7) is 5.50. The molecule has 1 heterocycles. The number of unbranched alkanes of at least 4 members (excludes halogenated alkanes) is 3. The highest BCUT2D eigenvalue weighted by Gasteiger charge is 2.23. The fourth-order valence-electron chi connectivity index (χ4n) is 3.63. The van der Waals surface area contributed by atoms with Gasteiger partial charge in [0.05, 0.1) is 13.7 Å². The molecule has 1 aliphatic heterocycles. The third-order valence-corrected chi connectivity index (χ3v) is 5.42. The molecule has 0 bridgehead atoms. The van der Waals surface area contributed by atoms with Gasteiger partial charge in [-0.05, 0) is 48.9 Å². The lowest BCUT2D eigenvalue weighted by molar-refractivity contribution is 0.0746. The number of carbonyl (C=O) groups is 1. The highest BCUT2D eigenvalue weighted by molar-refractivity contribution is 5.95. The molecule has 1 amide bonds. The first kappa shape index (κ1) is 21.9. The highest BCUT2D eigenvalue weighted by atomic mass is 19.1. The van der Waals surface area contributed by atoms with E-state index in [0.29, 0.717) is 49.8 Å². The summed E-state index contributed by atoms with van der Waals surface area (Å²) >= 11 is 0. The Balaban J connectivity index is 1.56. The largest absolute Gasteiger partial charge is 0.493 e. The van der Waals surface area contributed by atoms with Crippen LogP contribution in [-0.4, -0.2) is 50.7 Å². The standard InChI is InChI=1S/C24H31FN2O3/c1-3-4-5-6-17-30-22-12-7-19(18-23(22)29-2)24(28)27-15-13-26(14-16-27)21-10-8-20(25)9-11-21/h7-12,18H,3-6,13-17H2,1-2H3. The van der Waals surface area contributed by atoms with Crippen LogP contribution in [0.25, 0.3) is 0 Å². The molecule has 30 heavy (non-hydrogen) atoms. The smallest absolute Gasteiger partial charge is 0.254 e. The maximum Gasteiger partial charge on any atom is 0.254 e. The van der Waals surface area contributed by atoms with Crippen molar-refractivity contribution < 1.29 is 18.7 Å². The van der Waals surface area contributed by atoms with Crippen LogP contribution in [0.1, 0.15) is 43.0 Å². The van der Waals surface area contributed by atoms with E-state index in [1.165, 1.54) is 25.0 Å². The molecule has 0 aliphatic carbocycles. The molecule has 1 fully saturated rings. The minimum atomic E-state index is -0.241. The van der Waals surface area contributed by atoms with Gasteiger partial charge in [0.15, 0.2) is 11.5 Å². The van der Waals surface area contributed by atoms with Crippen molar-refractivity contribution in [3.8, 4) is 11.5 Å². The van der Waals surface area contributed by atoms with Gasteiger partial charge >= 0.3 is 0 Å². The van der Waals surface area contributed by atoms with E-state index in [1.807, 2.05) is 11.0 Å². The molecular weight excluding hydrogens is 383 g/mol. The molecule has 5 nitrogen and oxygen atoms in total. The van der Waals surface area contributed by atoms with E-state index >= 15 is 0 Å². The van der Waals surface area contributed by atoms with E-state index in [4.69, 9.17) is 9.47 Å². The minimum absolute atomic E-state index is 0.0125. The third-order valence-electron chi connectivity index (χ3n) is 5.42. The van der Waals surface area contributed by atoms with Gasteiger partial charge in [-0.25, -0.2) is 4.39 Å². The Hall–Kier alpha value is -2.76. The summed E-state index contributed by atoms with van der Waals surface area (Å²) in [7, 11) is 1.59. The fraction of sp³-hybridized carbons (Fsp3) is 0.458. The number of anilines is 1. The molecule has 0 atom stereocenters. The third kappa shape index (κ3) is 5.65. The number of ether oxygens (including phenoxy) is 2. The second-order valence-electron chi connectivity index (χ2n) is 7.53. The van der Waals surface area contributed by atoms with Crippen LogP contribution in [0.4, 0.5) is 10.1 Å². The van der Waals surface area contributed by atoms with E-state index in [2.05, 4.69) is 11.8 Å². The Bertz CT molecular complexity index is 818. The first-order valence-corrected chi connectivity index (χ1v) is 10.7. The minimum Gasteiger partial charge on any atom is -0.493 e. The summed E-state index contributed by atoms with van der Waals surface area (Å²) in [5, 5.41) is 0. The maximum atomic E-state index is 13.1. The number of halogens is 1. The van der Waals surface area contributed by atoms with Crippen molar-refractivity contribution in [2.75, 3.05) is 44.8 Å². The quantitative estimate of drug-likeness (QED) is 0.555. The van der Waals surface area contributed by atoms with E-state index < -0.39 is 0 Å². The van der Waals surface area contributed by atoms with Gasteiger partial charge in [0.1, 0.15) is 5.82 Å². The Morgan fingerprint density at radius 1 is 0.967 bits per heavy atom. The van der Waals surface area contributed by atoms with Crippen LogP contribution in [-0.2, 0) is 0 Å². The summed E-state index contributed by atoms with van der Waals surface area (Å²) in [4.78, 5) is 17.0. The summed E-state index contributed by atoms with van der Waals surface area (Å²) in [6.07, 6.45) is 4.57. The molecule has 6 heteroatoms. The number of hydrogen-bond acceptors (Lipinski definition) is 4. The summed E-state index contributed by atoms with van der Waals surface area (Å²) in [5.41, 5.74) is 1.58. The van der Waals surface area contributed by atoms with Gasteiger partial charge in [-0.1, -0.05) is 26.2 Å². The van der Waals surface area contributed by atoms with Gasteiger partial charge in [-0.3, -0.25) is 4.79 Å². The zero-order chi connectivity index (χ0) is 21.3. The molecule has 0 saturated carbocycles. The molecule has 0 aromatic heterocycles. The summed E-state index contributed by atoms with van der Waals surface area (Å²) < 4.78 is 24.4. The molecule has 3 rings (SSSR count). The van der Waals surface area contributed by atoms with Crippen molar-refractivity contribution in [2.45, 2.75) is 32.6 Å². The van der Waals surface area contributed by atoms with E-state index in [9.17, 15) is 9.18 Å². The van der Waals surface area contributed by atoms with E-state index in [-0.39, 0.29) is 11.7 Å². The van der Waals surface area contributed by atoms with Crippen molar-refractivity contribution in [1.82, 2.24) is 4.90 Å². The van der Waals surface area contributed by atoms with E-state index in [1.54, 1.807) is 31.4 Å². The van der Waals surface area contributed by atoms with E-state index in [0.717, 1.165) is 18.5 Å². The number of amides is 1. The van der Waals surface area contributed by atoms with Crippen molar-refractivity contribution in [1.29, 1.82) is 0 Å². The average Bonchev–Trinajstić information content (AvgIpc) is 2.79. The highest BCUT2D eigenvalue weighted by Crippen LogP contribution is 2.29. The molecule has 0 N–H and O–H groups in total. The van der Waals surface area contributed by atoms with Gasteiger partial charge in [-0.2, -0.15) is 0 Å². The monoisotopic (exact) mass is 414 g/mol. The number of methoxy groups -OCH3 is 1. The Morgan fingerprint density at radius 3 is 2.37 bits per heavy atom. The summed E-state index contributed by atoms with van der Waals surface area (Å²) in [5.74, 6) is 1.00. The zero-order valence-corrected chi connectivity index (χ0v) is 17.9. The molecule has 1 saturated heterocycles. The summed E-state index contributed by atoms with van der Waals surface area (Å²) in [6, 6.07) is 11.9. The van der Waals surface area contributed by atoms with Crippen LogP contribution in [0.15, 0.2) is 42.5 Å². The molecule has 1 aliphatic rings. The molecule has 2 aromatic rings. The number of carbonyl (C=O) groups excluding carboxylic acids is 1. The van der Waals surface area contributed by atoms with Crippen LogP contribution in [0.3, 0.4) is 0 Å². The van der Waals surface area contributed by atoms with Crippen LogP contribution >= 0.6 is 0 Å². The van der Waals surface area contributed by atoms with Crippen LogP contribution in [0.2, 0.25) is 0 Å². The van der Waals surface area contributed by atoms with Crippen LogP contribution in [0, 0.1) is 5.82 Å². The molecule has 0 spiro atoms. The first-order chi connectivity index (χ1) is 14.6. The first-order valence-electron chi connectivity index (χ1n) is 10.7. The SMILES string of the molecule is CCCCCCOc1ccc(C(=O)N2CCN(c3ccc(F)cc3)CC2)cc1OC. The number of benzene rings is 2. The van der Waals surface area contributed by atoms with Crippen molar-refractivity contribution in [3.63, 3.8) is 0 Å².